The van der Waals surface area contributed by atoms with Crippen molar-refractivity contribution in [3.05, 3.63) is 28.2 Å². The van der Waals surface area contributed by atoms with Gasteiger partial charge >= 0.3 is 0 Å². The monoisotopic (exact) mass is 245 g/mol. The molecule has 12 heavy (non-hydrogen) atoms. The zero-order chi connectivity index (χ0) is 12.0. The molecule has 0 aliphatic heterocycles. The van der Waals surface area contributed by atoms with Crippen LogP contribution in [-0.2, 0) is 0 Å². The second kappa shape index (κ2) is 3.34. The molecule has 0 aliphatic rings. The Kier molecular flexibility index (Phi) is 1.78. The van der Waals surface area contributed by atoms with E-state index in [0.29, 0.717) is 16.1 Å². The SMILES string of the molecule is [2H]c1c([2H])c([Si](C)(C)C)c([2H])c(Br)c1C. The predicted molar refractivity (Wildman–Crippen MR) is 61.9 cm³/mol. The third-order valence-corrected chi connectivity index (χ3v) is 4.23. The molecule has 66 valence electrons. The summed E-state index contributed by atoms with van der Waals surface area (Å²) < 4.78 is 24.4. The van der Waals surface area contributed by atoms with Crippen molar-refractivity contribution >= 4 is 29.2 Å². The van der Waals surface area contributed by atoms with Crippen molar-refractivity contribution in [3.8, 4) is 0 Å². The van der Waals surface area contributed by atoms with Crippen LogP contribution < -0.4 is 5.19 Å². The van der Waals surface area contributed by atoms with E-state index in [1.807, 2.05) is 0 Å². The van der Waals surface area contributed by atoms with Gasteiger partial charge in [-0.15, -0.1) is 0 Å². The first kappa shape index (κ1) is 6.38. The summed E-state index contributed by atoms with van der Waals surface area (Å²) in [6, 6.07) is 0.878. The summed E-state index contributed by atoms with van der Waals surface area (Å²) >= 11 is 3.34. The average Bonchev–Trinajstić information content (AvgIpc) is 2.09. The molecule has 0 unspecified atom stereocenters. The fraction of sp³-hybridized carbons (Fsp3) is 0.400. The van der Waals surface area contributed by atoms with Crippen LogP contribution in [0.25, 0.3) is 0 Å². The second-order valence-corrected chi connectivity index (χ2v) is 9.73. The summed E-state index contributed by atoms with van der Waals surface area (Å²) in [5.74, 6) is 0. The zero-order valence-electron chi connectivity index (χ0n) is 10.9. The number of halogens is 1. The predicted octanol–water partition coefficient (Wildman–Crippen LogP) is 3.30. The molecule has 1 aromatic carbocycles. The molecule has 1 rings (SSSR count). The third kappa shape index (κ3) is 2.20. The van der Waals surface area contributed by atoms with Crippen molar-refractivity contribution in [2.75, 3.05) is 0 Å². The first-order valence-electron chi connectivity index (χ1n) is 5.44. The molecular formula is C10H15BrSi. The molecule has 0 heterocycles. The standard InChI is InChI=1S/C10H15BrSi/c1-8-5-6-9(7-10(8)11)12(2,3)4/h5-7H,1-4H3/i5D,6D,7D. The van der Waals surface area contributed by atoms with Gasteiger partial charge in [0.05, 0.1) is 12.2 Å². The molecule has 0 saturated heterocycles. The Balaban J connectivity index is 3.68. The van der Waals surface area contributed by atoms with E-state index >= 15 is 0 Å². The molecule has 0 bridgehead atoms. The molecule has 0 fully saturated rings. The minimum atomic E-state index is -1.73. The van der Waals surface area contributed by atoms with Crippen molar-refractivity contribution in [2.45, 2.75) is 26.6 Å². The summed E-state index contributed by atoms with van der Waals surface area (Å²) in [4.78, 5) is 0. The second-order valence-electron chi connectivity index (χ2n) is 3.94. The van der Waals surface area contributed by atoms with Gasteiger partial charge < -0.3 is 0 Å². The van der Waals surface area contributed by atoms with E-state index < -0.39 is 8.07 Å². The Labute approximate surface area is 88.4 Å². The Morgan fingerprint density at radius 3 is 2.42 bits per heavy atom. The van der Waals surface area contributed by atoms with Crippen LogP contribution in [0, 0.1) is 6.92 Å². The lowest BCUT2D eigenvalue weighted by atomic mass is 10.2. The van der Waals surface area contributed by atoms with Crippen molar-refractivity contribution < 1.29 is 4.11 Å². The molecule has 0 aromatic heterocycles. The van der Waals surface area contributed by atoms with Crippen LogP contribution in [0.3, 0.4) is 0 Å². The van der Waals surface area contributed by atoms with Gasteiger partial charge in [0.25, 0.3) is 0 Å². The normalized spacial score (nSPS) is 15.2. The van der Waals surface area contributed by atoms with E-state index in [0.717, 1.165) is 5.19 Å². The molecule has 1 aromatic rings. The minimum Gasteiger partial charge on any atom is -0.0656 e. The quantitative estimate of drug-likeness (QED) is 0.667. The van der Waals surface area contributed by atoms with Crippen LogP contribution >= 0.6 is 15.9 Å². The van der Waals surface area contributed by atoms with Crippen molar-refractivity contribution in [1.82, 2.24) is 0 Å². The molecule has 0 saturated carbocycles. The first-order valence-corrected chi connectivity index (χ1v) is 8.23. The first-order chi connectivity index (χ1) is 6.68. The van der Waals surface area contributed by atoms with E-state index in [2.05, 4.69) is 35.6 Å². The van der Waals surface area contributed by atoms with E-state index in [4.69, 9.17) is 4.11 Å². The highest BCUT2D eigenvalue weighted by atomic mass is 79.9. The number of hydrogen-bond donors (Lipinski definition) is 0. The Bertz CT molecular complexity index is 381. The molecule has 0 atom stereocenters. The maximum atomic E-state index is 8.01. The van der Waals surface area contributed by atoms with Crippen molar-refractivity contribution in [1.29, 1.82) is 0 Å². The number of hydrogen-bond acceptors (Lipinski definition) is 0. The van der Waals surface area contributed by atoms with Gasteiger partial charge in [0.15, 0.2) is 0 Å². The van der Waals surface area contributed by atoms with Crippen LogP contribution in [0.5, 0.6) is 0 Å². The molecule has 0 spiro atoms. The lowest BCUT2D eigenvalue weighted by molar-refractivity contribution is 1.44. The van der Waals surface area contributed by atoms with Crippen LogP contribution in [0.1, 0.15) is 9.68 Å². The van der Waals surface area contributed by atoms with E-state index in [-0.39, 0.29) is 12.1 Å². The number of benzene rings is 1. The molecule has 0 aliphatic carbocycles. The van der Waals surface area contributed by atoms with Crippen molar-refractivity contribution in [2.24, 2.45) is 0 Å². The highest BCUT2D eigenvalue weighted by Crippen LogP contribution is 2.15. The van der Waals surface area contributed by atoms with E-state index in [1.54, 1.807) is 6.92 Å². The highest BCUT2D eigenvalue weighted by Gasteiger charge is 2.16. The van der Waals surface area contributed by atoms with E-state index in [1.165, 1.54) is 0 Å². The third-order valence-electron chi connectivity index (χ3n) is 1.69. The maximum absolute atomic E-state index is 8.01. The van der Waals surface area contributed by atoms with Gasteiger partial charge in [0.1, 0.15) is 0 Å². The van der Waals surface area contributed by atoms with Gasteiger partial charge in [-0.1, -0.05) is 52.8 Å². The van der Waals surface area contributed by atoms with E-state index in [9.17, 15) is 0 Å². The van der Waals surface area contributed by atoms with Gasteiger partial charge in [-0.3, -0.25) is 0 Å². The van der Waals surface area contributed by atoms with Gasteiger partial charge in [-0.05, 0) is 18.5 Å². The van der Waals surface area contributed by atoms with Crippen LogP contribution in [0.15, 0.2) is 22.6 Å². The Morgan fingerprint density at radius 1 is 1.33 bits per heavy atom. The minimum absolute atomic E-state index is 0.236. The smallest absolute Gasteiger partial charge is 0.0656 e. The van der Waals surface area contributed by atoms with Crippen LogP contribution in [-0.4, -0.2) is 8.07 Å². The highest BCUT2D eigenvalue weighted by molar-refractivity contribution is 9.10. The lowest BCUT2D eigenvalue weighted by Gasteiger charge is -2.17. The maximum Gasteiger partial charge on any atom is 0.0776 e. The van der Waals surface area contributed by atoms with Gasteiger partial charge in [0.2, 0.25) is 0 Å². The van der Waals surface area contributed by atoms with Crippen LogP contribution in [0.4, 0.5) is 0 Å². The van der Waals surface area contributed by atoms with Crippen LogP contribution in [0.2, 0.25) is 19.6 Å². The fourth-order valence-electron chi connectivity index (χ4n) is 0.821. The molecule has 0 nitrogen and oxygen atoms in total. The van der Waals surface area contributed by atoms with Gasteiger partial charge in [-0.2, -0.15) is 0 Å². The van der Waals surface area contributed by atoms with Crippen molar-refractivity contribution in [3.63, 3.8) is 0 Å². The Hall–Kier alpha value is -0.0831. The molecule has 0 N–H and O–H groups in total. The largest absolute Gasteiger partial charge is 0.0776 e. The van der Waals surface area contributed by atoms with Gasteiger partial charge in [0, 0.05) is 4.47 Å². The zero-order valence-corrected chi connectivity index (χ0v) is 10.5. The molecule has 0 radical (unpaired) electrons. The average molecular weight is 246 g/mol. The summed E-state index contributed by atoms with van der Waals surface area (Å²) in [5, 5.41) is 0.768. The fourth-order valence-corrected chi connectivity index (χ4v) is 2.24. The summed E-state index contributed by atoms with van der Waals surface area (Å²) in [5.41, 5.74) is 0.687. The number of rotatable bonds is 1. The van der Waals surface area contributed by atoms with Gasteiger partial charge in [-0.25, -0.2) is 0 Å². The lowest BCUT2D eigenvalue weighted by Crippen LogP contribution is -2.37. The summed E-state index contributed by atoms with van der Waals surface area (Å²) in [6.07, 6.45) is 0. The molecule has 0 amide bonds. The summed E-state index contributed by atoms with van der Waals surface area (Å²) in [6.45, 7) is 8.06. The molecular weight excluding hydrogens is 228 g/mol. The molecule has 2 heteroatoms. The Morgan fingerprint density at radius 2 is 1.92 bits per heavy atom. The topological polar surface area (TPSA) is 0 Å². The summed E-state index contributed by atoms with van der Waals surface area (Å²) in [7, 11) is -1.73.